The molecule has 0 spiro atoms. The van der Waals surface area contributed by atoms with Crippen molar-refractivity contribution in [2.75, 3.05) is 7.11 Å². The van der Waals surface area contributed by atoms with E-state index in [1.54, 1.807) is 0 Å². The predicted octanol–water partition coefficient (Wildman–Crippen LogP) is 6.40. The van der Waals surface area contributed by atoms with Crippen LogP contribution in [-0.4, -0.2) is 36.1 Å². The molecule has 3 aromatic rings. The lowest BCUT2D eigenvalue weighted by Gasteiger charge is -2.39. The molecule has 2 fully saturated rings. The van der Waals surface area contributed by atoms with Crippen LogP contribution >= 0.6 is 0 Å². The van der Waals surface area contributed by atoms with Crippen LogP contribution < -0.4 is 0 Å². The van der Waals surface area contributed by atoms with E-state index in [0.717, 1.165) is 46.1 Å². The summed E-state index contributed by atoms with van der Waals surface area (Å²) in [5, 5.41) is 1.03. The third kappa shape index (κ3) is 5.29. The van der Waals surface area contributed by atoms with Crippen molar-refractivity contribution >= 4 is 22.9 Å². The van der Waals surface area contributed by atoms with Gasteiger partial charge in [0, 0.05) is 28.9 Å². The van der Waals surface area contributed by atoms with Crippen molar-refractivity contribution in [3.8, 4) is 11.1 Å². The normalized spacial score (nSPS) is 21.9. The second-order valence-corrected chi connectivity index (χ2v) is 9.76. The van der Waals surface area contributed by atoms with Crippen LogP contribution in [0.5, 0.6) is 0 Å². The molecule has 0 radical (unpaired) electrons. The molecule has 1 aromatic heterocycles. The molecule has 5 rings (SSSR count). The van der Waals surface area contributed by atoms with Crippen LogP contribution in [0.4, 0.5) is 4.39 Å². The maximum Gasteiger partial charge on any atom is 0.308 e. The second-order valence-electron chi connectivity index (χ2n) is 9.76. The molecule has 0 N–H and O–H groups in total. The molecule has 182 valence electrons. The minimum absolute atomic E-state index is 0.180. The fraction of sp³-hybridized carbons (Fsp3) is 0.379. The summed E-state index contributed by atoms with van der Waals surface area (Å²) in [6.07, 6.45) is 6.53. The molecule has 2 aromatic carbocycles. The first-order valence-electron chi connectivity index (χ1n) is 12.1. The van der Waals surface area contributed by atoms with E-state index in [2.05, 4.69) is 12.1 Å². The molecule has 2 heterocycles. The number of rotatable bonds is 6. The Bertz CT molecular complexity index is 1260. The summed E-state index contributed by atoms with van der Waals surface area (Å²) in [4.78, 5) is 16.9. The summed E-state index contributed by atoms with van der Waals surface area (Å²) in [5.74, 6) is -0.977. The Balaban J connectivity index is 1.58. The number of esters is 1. The minimum atomic E-state index is -0.827. The number of carbonyl (C=O) groups excluding carboxylic acids is 1. The van der Waals surface area contributed by atoms with E-state index >= 15 is 0 Å². The molecule has 0 amide bonds. The molecule has 1 saturated carbocycles. The van der Waals surface area contributed by atoms with Gasteiger partial charge >= 0.3 is 5.97 Å². The smallest absolute Gasteiger partial charge is 0.308 e. The van der Waals surface area contributed by atoms with Crippen LogP contribution in [0.2, 0.25) is 0 Å². The average molecular weight is 476 g/mol. The fourth-order valence-corrected chi connectivity index (χ4v) is 4.87. The first kappa shape index (κ1) is 23.6. The molecule has 1 aliphatic carbocycles. The van der Waals surface area contributed by atoms with Crippen LogP contribution in [0.15, 0.2) is 54.6 Å². The number of para-hydroxylation sites is 1. The number of ether oxygens (including phenoxy) is 3. The van der Waals surface area contributed by atoms with Crippen molar-refractivity contribution in [2.24, 2.45) is 0 Å². The largest absolute Gasteiger partial charge is 0.469 e. The zero-order valence-electron chi connectivity index (χ0n) is 20.3. The van der Waals surface area contributed by atoms with Gasteiger partial charge in [0.2, 0.25) is 0 Å². The quantitative estimate of drug-likeness (QED) is 0.386. The van der Waals surface area contributed by atoms with Gasteiger partial charge in [-0.2, -0.15) is 0 Å². The maximum atomic E-state index is 13.8. The average Bonchev–Trinajstić information content (AvgIpc) is 3.67. The fourth-order valence-electron chi connectivity index (χ4n) is 4.87. The number of hydrogen-bond donors (Lipinski definition) is 0. The third-order valence-corrected chi connectivity index (χ3v) is 6.54. The van der Waals surface area contributed by atoms with Crippen molar-refractivity contribution < 1.29 is 23.4 Å². The molecule has 0 unspecified atom stereocenters. The Morgan fingerprint density at radius 1 is 1.14 bits per heavy atom. The summed E-state index contributed by atoms with van der Waals surface area (Å²) in [7, 11) is 1.38. The van der Waals surface area contributed by atoms with Crippen molar-refractivity contribution in [1.82, 2.24) is 4.98 Å². The van der Waals surface area contributed by atoms with E-state index in [1.807, 2.05) is 50.3 Å². The van der Waals surface area contributed by atoms with E-state index < -0.39 is 5.79 Å². The van der Waals surface area contributed by atoms with E-state index in [-0.39, 0.29) is 30.4 Å². The molecule has 1 aliphatic heterocycles. The second kappa shape index (κ2) is 9.51. The molecule has 5 nitrogen and oxygen atoms in total. The zero-order valence-corrected chi connectivity index (χ0v) is 20.3. The highest BCUT2D eigenvalue weighted by Crippen LogP contribution is 2.45. The number of pyridine rings is 1. The molecule has 0 bridgehead atoms. The first-order valence-corrected chi connectivity index (χ1v) is 12.1. The molecule has 2 atom stereocenters. The number of benzene rings is 2. The number of nitrogens with zero attached hydrogens (tertiary/aromatic N) is 1. The summed E-state index contributed by atoms with van der Waals surface area (Å²) >= 11 is 0. The van der Waals surface area contributed by atoms with Gasteiger partial charge in [-0.25, -0.2) is 4.39 Å². The van der Waals surface area contributed by atoms with Gasteiger partial charge in [-0.15, -0.1) is 0 Å². The van der Waals surface area contributed by atoms with Crippen LogP contribution in [-0.2, 0) is 19.0 Å². The number of aromatic nitrogens is 1. The SMILES string of the molecule is COC(=O)C[C@@H]1C[C@H](/C=C/c2c(C3CC3)nc3ccccc3c2-c2ccc(F)cc2)OC(C)(C)O1. The van der Waals surface area contributed by atoms with Gasteiger partial charge in [0.25, 0.3) is 0 Å². The van der Waals surface area contributed by atoms with E-state index in [4.69, 9.17) is 19.2 Å². The van der Waals surface area contributed by atoms with Crippen LogP contribution in [0.25, 0.3) is 28.1 Å². The number of halogens is 1. The summed E-state index contributed by atoms with van der Waals surface area (Å²) < 4.78 is 30.7. The lowest BCUT2D eigenvalue weighted by Crippen LogP contribution is -2.44. The highest BCUT2D eigenvalue weighted by atomic mass is 19.1. The van der Waals surface area contributed by atoms with Crippen LogP contribution in [0, 0.1) is 5.82 Å². The number of hydrogen-bond acceptors (Lipinski definition) is 5. The third-order valence-electron chi connectivity index (χ3n) is 6.54. The predicted molar refractivity (Wildman–Crippen MR) is 133 cm³/mol. The van der Waals surface area contributed by atoms with Crippen molar-refractivity contribution in [1.29, 1.82) is 0 Å². The topological polar surface area (TPSA) is 57.7 Å². The maximum absolute atomic E-state index is 13.8. The molecule has 6 heteroatoms. The Labute approximate surface area is 204 Å². The number of methoxy groups -OCH3 is 1. The summed E-state index contributed by atoms with van der Waals surface area (Å²) in [6, 6.07) is 14.7. The Kier molecular flexibility index (Phi) is 6.43. The summed E-state index contributed by atoms with van der Waals surface area (Å²) in [5.41, 5.74) is 5.04. The van der Waals surface area contributed by atoms with E-state index in [0.29, 0.717) is 12.3 Å². The molecule has 1 saturated heterocycles. The molecular formula is C29H30FNO4. The highest BCUT2D eigenvalue weighted by molar-refractivity contribution is 5.99. The van der Waals surface area contributed by atoms with Gasteiger partial charge in [0.15, 0.2) is 5.79 Å². The summed E-state index contributed by atoms with van der Waals surface area (Å²) in [6.45, 7) is 3.71. The number of carbonyl (C=O) groups is 1. The highest BCUT2D eigenvalue weighted by Gasteiger charge is 2.36. The lowest BCUT2D eigenvalue weighted by molar-refractivity contribution is -0.290. The molecular weight excluding hydrogens is 445 g/mol. The van der Waals surface area contributed by atoms with E-state index in [1.165, 1.54) is 19.2 Å². The van der Waals surface area contributed by atoms with Crippen molar-refractivity contribution in [3.05, 3.63) is 71.7 Å². The lowest BCUT2D eigenvalue weighted by atomic mass is 9.92. The molecule has 35 heavy (non-hydrogen) atoms. The van der Waals surface area contributed by atoms with Gasteiger partial charge in [0.1, 0.15) is 5.82 Å². The molecule has 2 aliphatic rings. The van der Waals surface area contributed by atoms with Crippen molar-refractivity contribution in [2.45, 2.75) is 63.4 Å². The van der Waals surface area contributed by atoms with Crippen molar-refractivity contribution in [3.63, 3.8) is 0 Å². The Hall–Kier alpha value is -3.09. The minimum Gasteiger partial charge on any atom is -0.469 e. The van der Waals surface area contributed by atoms with Crippen LogP contribution in [0.1, 0.15) is 56.7 Å². The standard InChI is InChI=1S/C29H30FNO4/c1-29(2)34-21(16-22(35-29)17-26(32)33-3)14-15-24-27(18-10-12-20(30)13-11-18)23-6-4-5-7-25(23)31-28(24)19-8-9-19/h4-7,10-15,19,21-22H,8-9,16-17H2,1-3H3/b15-14+/t21-,22-/m0/s1. The van der Waals surface area contributed by atoms with Crippen LogP contribution in [0.3, 0.4) is 0 Å². The van der Waals surface area contributed by atoms with Gasteiger partial charge in [-0.3, -0.25) is 9.78 Å². The van der Waals surface area contributed by atoms with Gasteiger partial charge in [-0.05, 0) is 50.5 Å². The zero-order chi connectivity index (χ0) is 24.6. The Morgan fingerprint density at radius 3 is 2.60 bits per heavy atom. The van der Waals surface area contributed by atoms with Gasteiger partial charge < -0.3 is 14.2 Å². The monoisotopic (exact) mass is 475 g/mol. The van der Waals surface area contributed by atoms with E-state index in [9.17, 15) is 9.18 Å². The van der Waals surface area contributed by atoms with Gasteiger partial charge in [0.05, 0.1) is 36.9 Å². The Morgan fingerprint density at radius 2 is 1.89 bits per heavy atom. The first-order chi connectivity index (χ1) is 16.8. The van der Waals surface area contributed by atoms with Gasteiger partial charge in [-0.1, -0.05) is 42.5 Å². The number of fused-ring (bicyclic) bond motifs is 1.